The first kappa shape index (κ1) is 17.5. The molecule has 23 heavy (non-hydrogen) atoms. The van der Waals surface area contributed by atoms with Gasteiger partial charge >= 0.3 is 5.97 Å². The summed E-state index contributed by atoms with van der Waals surface area (Å²) in [6.45, 7) is 8.51. The van der Waals surface area contributed by atoms with Gasteiger partial charge in [-0.3, -0.25) is 4.68 Å². The number of esters is 1. The Morgan fingerprint density at radius 1 is 1.26 bits per heavy atom. The van der Waals surface area contributed by atoms with Crippen LogP contribution in [0.15, 0.2) is 24.3 Å². The predicted octanol–water partition coefficient (Wildman–Crippen LogP) is 4.29. The van der Waals surface area contributed by atoms with Gasteiger partial charge in [-0.05, 0) is 29.5 Å². The number of carbonyl (C=O) groups excluding carboxylic acids is 1. The molecule has 0 aliphatic heterocycles. The van der Waals surface area contributed by atoms with Gasteiger partial charge in [0, 0.05) is 7.05 Å². The molecule has 2 aromatic rings. The van der Waals surface area contributed by atoms with Crippen molar-refractivity contribution in [2.45, 2.75) is 46.1 Å². The minimum absolute atomic E-state index is 0.0568. The Hall–Kier alpha value is -1.81. The Kier molecular flexibility index (Phi) is 5.15. The van der Waals surface area contributed by atoms with Gasteiger partial charge < -0.3 is 4.74 Å². The fraction of sp³-hybridized carbons (Fsp3) is 0.444. The lowest BCUT2D eigenvalue weighted by Gasteiger charge is -2.18. The summed E-state index contributed by atoms with van der Waals surface area (Å²) in [6, 6.07) is 7.52. The highest BCUT2D eigenvalue weighted by molar-refractivity contribution is 6.31. The molecule has 0 radical (unpaired) electrons. The molecule has 124 valence electrons. The Morgan fingerprint density at radius 3 is 2.35 bits per heavy atom. The van der Waals surface area contributed by atoms with Crippen LogP contribution < -0.4 is 0 Å². The Labute approximate surface area is 142 Å². The molecular weight excluding hydrogens is 312 g/mol. The Balaban J connectivity index is 2.07. The van der Waals surface area contributed by atoms with Gasteiger partial charge in [0.15, 0.2) is 0 Å². The van der Waals surface area contributed by atoms with E-state index in [1.54, 1.807) is 23.9 Å². The van der Waals surface area contributed by atoms with E-state index in [9.17, 15) is 4.79 Å². The molecule has 0 saturated carbocycles. The van der Waals surface area contributed by atoms with Crippen LogP contribution in [-0.2, 0) is 30.2 Å². The molecule has 0 amide bonds. The van der Waals surface area contributed by atoms with E-state index in [0.717, 1.165) is 12.1 Å². The van der Waals surface area contributed by atoms with Crippen LogP contribution in [0, 0.1) is 0 Å². The highest BCUT2D eigenvalue weighted by atomic mass is 35.5. The molecule has 0 aliphatic carbocycles. The zero-order valence-electron chi connectivity index (χ0n) is 14.3. The zero-order valence-corrected chi connectivity index (χ0v) is 15.1. The Morgan fingerprint density at radius 2 is 1.87 bits per heavy atom. The molecular formula is C18H23ClN2O2. The number of hydrogen-bond donors (Lipinski definition) is 0. The Bertz CT molecular complexity index is 697. The van der Waals surface area contributed by atoms with E-state index in [1.165, 1.54) is 5.56 Å². The van der Waals surface area contributed by atoms with Crippen molar-refractivity contribution in [3.05, 3.63) is 51.8 Å². The molecule has 2 rings (SSSR count). The number of nitrogens with zero attached hydrogens (tertiary/aromatic N) is 2. The summed E-state index contributed by atoms with van der Waals surface area (Å²) >= 11 is 6.26. The third-order valence-corrected chi connectivity index (χ3v) is 4.27. The van der Waals surface area contributed by atoms with Crippen LogP contribution in [0.4, 0.5) is 0 Å². The molecule has 1 aromatic carbocycles. The SMILES string of the molecule is CCc1nn(C)c(COC(=O)c2ccc(C(C)(C)C)cc2)c1Cl. The summed E-state index contributed by atoms with van der Waals surface area (Å²) in [5, 5.41) is 4.89. The largest absolute Gasteiger partial charge is 0.456 e. The summed E-state index contributed by atoms with van der Waals surface area (Å²) in [7, 11) is 1.80. The maximum atomic E-state index is 12.2. The van der Waals surface area contributed by atoms with Crippen molar-refractivity contribution in [1.29, 1.82) is 0 Å². The van der Waals surface area contributed by atoms with Gasteiger partial charge in [-0.25, -0.2) is 4.79 Å². The van der Waals surface area contributed by atoms with E-state index < -0.39 is 0 Å². The van der Waals surface area contributed by atoms with Crippen LogP contribution in [0.25, 0.3) is 0 Å². The normalized spacial score (nSPS) is 11.6. The average molecular weight is 335 g/mol. The van der Waals surface area contributed by atoms with Gasteiger partial charge in [-0.15, -0.1) is 0 Å². The second kappa shape index (κ2) is 6.75. The topological polar surface area (TPSA) is 44.1 Å². The molecule has 5 heteroatoms. The van der Waals surface area contributed by atoms with E-state index >= 15 is 0 Å². The lowest BCUT2D eigenvalue weighted by atomic mass is 9.87. The first-order valence-corrected chi connectivity index (χ1v) is 8.09. The monoisotopic (exact) mass is 334 g/mol. The van der Waals surface area contributed by atoms with E-state index in [1.807, 2.05) is 19.1 Å². The first-order chi connectivity index (χ1) is 10.7. The van der Waals surface area contributed by atoms with E-state index in [0.29, 0.717) is 16.3 Å². The molecule has 1 heterocycles. The maximum Gasteiger partial charge on any atom is 0.338 e. The van der Waals surface area contributed by atoms with Gasteiger partial charge in [0.05, 0.1) is 22.0 Å². The lowest BCUT2D eigenvalue weighted by molar-refractivity contribution is 0.0463. The second-order valence-corrected chi connectivity index (χ2v) is 6.97. The number of hydrogen-bond acceptors (Lipinski definition) is 3. The van der Waals surface area contributed by atoms with Gasteiger partial charge in [0.1, 0.15) is 6.61 Å². The number of ether oxygens (including phenoxy) is 1. The number of aromatic nitrogens is 2. The quantitative estimate of drug-likeness (QED) is 0.783. The number of aryl methyl sites for hydroxylation is 2. The van der Waals surface area contributed by atoms with E-state index in [2.05, 4.69) is 25.9 Å². The zero-order chi connectivity index (χ0) is 17.2. The molecule has 0 fully saturated rings. The van der Waals surface area contributed by atoms with Crippen molar-refractivity contribution in [3.63, 3.8) is 0 Å². The van der Waals surface area contributed by atoms with Crippen molar-refractivity contribution in [2.24, 2.45) is 7.05 Å². The molecule has 0 bridgehead atoms. The van der Waals surface area contributed by atoms with Gasteiger partial charge in [0.25, 0.3) is 0 Å². The van der Waals surface area contributed by atoms with Crippen molar-refractivity contribution in [1.82, 2.24) is 9.78 Å². The number of rotatable bonds is 4. The number of benzene rings is 1. The van der Waals surface area contributed by atoms with Crippen molar-refractivity contribution >= 4 is 17.6 Å². The molecule has 0 N–H and O–H groups in total. The first-order valence-electron chi connectivity index (χ1n) is 7.72. The lowest BCUT2D eigenvalue weighted by Crippen LogP contribution is -2.12. The van der Waals surface area contributed by atoms with Crippen LogP contribution in [0.1, 0.15) is 55.0 Å². The number of carbonyl (C=O) groups is 1. The fourth-order valence-corrected chi connectivity index (χ4v) is 2.65. The summed E-state index contributed by atoms with van der Waals surface area (Å²) in [6.07, 6.45) is 0.745. The van der Waals surface area contributed by atoms with E-state index in [-0.39, 0.29) is 18.0 Å². The van der Waals surface area contributed by atoms with Crippen molar-refractivity contribution in [2.75, 3.05) is 0 Å². The van der Waals surface area contributed by atoms with Crippen molar-refractivity contribution in [3.8, 4) is 0 Å². The van der Waals surface area contributed by atoms with Gasteiger partial charge in [-0.2, -0.15) is 5.10 Å². The van der Waals surface area contributed by atoms with E-state index in [4.69, 9.17) is 16.3 Å². The highest BCUT2D eigenvalue weighted by Crippen LogP contribution is 2.24. The smallest absolute Gasteiger partial charge is 0.338 e. The minimum Gasteiger partial charge on any atom is -0.456 e. The summed E-state index contributed by atoms with van der Waals surface area (Å²) < 4.78 is 7.04. The van der Waals surface area contributed by atoms with Crippen molar-refractivity contribution < 1.29 is 9.53 Å². The molecule has 1 aromatic heterocycles. The summed E-state index contributed by atoms with van der Waals surface area (Å²) in [4.78, 5) is 12.2. The van der Waals surface area contributed by atoms with Crippen LogP contribution in [0.3, 0.4) is 0 Å². The van der Waals surface area contributed by atoms with Gasteiger partial charge in [-0.1, -0.05) is 51.4 Å². The van der Waals surface area contributed by atoms with Crippen LogP contribution in [0.5, 0.6) is 0 Å². The molecule has 0 atom stereocenters. The van der Waals surface area contributed by atoms with Crippen LogP contribution in [0.2, 0.25) is 5.02 Å². The standard InChI is InChI=1S/C18H23ClN2O2/c1-6-14-16(19)15(21(5)20-14)11-23-17(22)12-7-9-13(10-8-12)18(2,3)4/h7-10H,6,11H2,1-5H3. The molecule has 4 nitrogen and oxygen atoms in total. The van der Waals surface area contributed by atoms with Crippen LogP contribution in [-0.4, -0.2) is 15.7 Å². The summed E-state index contributed by atoms with van der Waals surface area (Å²) in [5.41, 5.74) is 3.29. The molecule has 0 unspecified atom stereocenters. The summed E-state index contributed by atoms with van der Waals surface area (Å²) in [5.74, 6) is -0.360. The average Bonchev–Trinajstić information content (AvgIpc) is 2.78. The third kappa shape index (κ3) is 3.94. The number of halogens is 1. The molecule has 0 aliphatic rings. The minimum atomic E-state index is -0.360. The van der Waals surface area contributed by atoms with Gasteiger partial charge in [0.2, 0.25) is 0 Å². The molecule has 0 spiro atoms. The second-order valence-electron chi connectivity index (χ2n) is 6.59. The fourth-order valence-electron chi connectivity index (χ4n) is 2.30. The van der Waals surface area contributed by atoms with Crippen LogP contribution >= 0.6 is 11.6 Å². The third-order valence-electron chi connectivity index (χ3n) is 3.83. The molecule has 0 saturated heterocycles. The maximum absolute atomic E-state index is 12.2. The predicted molar refractivity (Wildman–Crippen MR) is 91.9 cm³/mol. The highest BCUT2D eigenvalue weighted by Gasteiger charge is 2.17.